The zero-order valence-electron chi connectivity index (χ0n) is 13.7. The van der Waals surface area contributed by atoms with Crippen molar-refractivity contribution in [1.82, 2.24) is 9.78 Å². The molecule has 0 unspecified atom stereocenters. The molecule has 1 aliphatic rings. The van der Waals surface area contributed by atoms with Gasteiger partial charge >= 0.3 is 0 Å². The largest absolute Gasteiger partial charge is 0.280 e. The van der Waals surface area contributed by atoms with Crippen molar-refractivity contribution in [1.29, 1.82) is 0 Å². The van der Waals surface area contributed by atoms with Gasteiger partial charge in [-0.15, -0.1) is 0 Å². The highest BCUT2D eigenvalue weighted by atomic mass is 32.2. The van der Waals surface area contributed by atoms with Gasteiger partial charge in [0.05, 0.1) is 11.4 Å². The summed E-state index contributed by atoms with van der Waals surface area (Å²) in [6, 6.07) is 14.7. The fourth-order valence-electron chi connectivity index (χ4n) is 3.24. The predicted molar refractivity (Wildman–Crippen MR) is 97.0 cm³/mol. The first kappa shape index (κ1) is 15.9. The molecule has 5 nitrogen and oxygen atoms in total. The third-order valence-corrected chi connectivity index (χ3v) is 5.84. The topological polar surface area (TPSA) is 64.0 Å². The number of aryl methyl sites for hydroxylation is 2. The van der Waals surface area contributed by atoms with E-state index in [1.165, 1.54) is 5.56 Å². The van der Waals surface area contributed by atoms with E-state index in [1.807, 2.05) is 36.5 Å². The number of hydrogen-bond acceptors (Lipinski definition) is 3. The van der Waals surface area contributed by atoms with Gasteiger partial charge in [-0.05, 0) is 66.3 Å². The molecule has 0 aliphatic heterocycles. The Hall–Kier alpha value is -2.60. The maximum atomic E-state index is 12.7. The monoisotopic (exact) mass is 353 g/mol. The maximum Gasteiger partial charge on any atom is 0.261 e. The molecular formula is C19H19N3O2S. The molecular weight excluding hydrogens is 334 g/mol. The minimum absolute atomic E-state index is 0.325. The summed E-state index contributed by atoms with van der Waals surface area (Å²) in [4.78, 5) is 0.325. The smallest absolute Gasteiger partial charge is 0.261 e. The van der Waals surface area contributed by atoms with E-state index in [0.717, 1.165) is 30.4 Å². The Morgan fingerprint density at radius 1 is 1.04 bits per heavy atom. The van der Waals surface area contributed by atoms with Crippen LogP contribution in [0.15, 0.2) is 65.8 Å². The lowest BCUT2D eigenvalue weighted by Gasteiger charge is -2.11. The highest BCUT2D eigenvalue weighted by Gasteiger charge is 2.18. The second-order valence-electron chi connectivity index (χ2n) is 6.29. The first-order valence-electron chi connectivity index (χ1n) is 8.31. The Bertz CT molecular complexity index is 995. The lowest BCUT2D eigenvalue weighted by Crippen LogP contribution is -2.13. The molecule has 4 rings (SSSR count). The number of rotatable bonds is 5. The molecule has 3 aromatic rings. The number of nitrogens with one attached hydrogen (secondary N) is 1. The van der Waals surface area contributed by atoms with Gasteiger partial charge in [0.2, 0.25) is 0 Å². The van der Waals surface area contributed by atoms with Gasteiger partial charge in [0.25, 0.3) is 10.0 Å². The van der Waals surface area contributed by atoms with E-state index in [4.69, 9.17) is 0 Å². The molecule has 0 spiro atoms. The third-order valence-electron chi connectivity index (χ3n) is 4.46. The molecule has 25 heavy (non-hydrogen) atoms. The van der Waals surface area contributed by atoms with Gasteiger partial charge in [0, 0.05) is 18.1 Å². The van der Waals surface area contributed by atoms with Crippen LogP contribution in [0.5, 0.6) is 0 Å². The van der Waals surface area contributed by atoms with Crippen LogP contribution in [0.3, 0.4) is 0 Å². The van der Waals surface area contributed by atoms with Crippen LogP contribution in [-0.2, 0) is 29.4 Å². The normalized spacial score (nSPS) is 13.6. The second-order valence-corrected chi connectivity index (χ2v) is 7.98. The average molecular weight is 353 g/mol. The van der Waals surface area contributed by atoms with Crippen molar-refractivity contribution in [3.63, 3.8) is 0 Å². The van der Waals surface area contributed by atoms with Crippen LogP contribution >= 0.6 is 0 Å². The summed E-state index contributed by atoms with van der Waals surface area (Å²) in [5.41, 5.74) is 3.96. The van der Waals surface area contributed by atoms with Crippen molar-refractivity contribution in [2.45, 2.75) is 30.7 Å². The van der Waals surface area contributed by atoms with E-state index in [1.54, 1.807) is 29.1 Å². The Labute approximate surface area is 147 Å². The number of aromatic nitrogens is 2. The maximum absolute atomic E-state index is 12.7. The number of fused-ring (bicyclic) bond motifs is 1. The van der Waals surface area contributed by atoms with Gasteiger partial charge in [-0.3, -0.25) is 9.40 Å². The Morgan fingerprint density at radius 3 is 2.76 bits per heavy atom. The first-order chi connectivity index (χ1) is 12.1. The number of anilines is 1. The molecule has 0 saturated heterocycles. The molecule has 0 amide bonds. The van der Waals surface area contributed by atoms with Crippen LogP contribution in [0.25, 0.3) is 0 Å². The summed E-state index contributed by atoms with van der Waals surface area (Å²) < 4.78 is 29.9. The van der Waals surface area contributed by atoms with Crippen LogP contribution in [0.4, 0.5) is 5.69 Å². The van der Waals surface area contributed by atoms with E-state index in [-0.39, 0.29) is 0 Å². The molecule has 6 heteroatoms. The highest BCUT2D eigenvalue weighted by molar-refractivity contribution is 7.92. The number of nitrogens with zero attached hydrogens (tertiary/aromatic N) is 2. The molecule has 1 aromatic heterocycles. The lowest BCUT2D eigenvalue weighted by molar-refractivity contribution is 0.601. The quantitative estimate of drug-likeness (QED) is 0.766. The van der Waals surface area contributed by atoms with Gasteiger partial charge in [-0.2, -0.15) is 5.10 Å². The van der Waals surface area contributed by atoms with E-state index < -0.39 is 10.0 Å². The summed E-state index contributed by atoms with van der Waals surface area (Å²) in [5, 5.41) is 4.17. The van der Waals surface area contributed by atoms with E-state index >= 15 is 0 Å². The van der Waals surface area contributed by atoms with Crippen LogP contribution < -0.4 is 4.72 Å². The predicted octanol–water partition coefficient (Wildman–Crippen LogP) is 3.22. The molecule has 0 bridgehead atoms. The highest BCUT2D eigenvalue weighted by Crippen LogP contribution is 2.26. The van der Waals surface area contributed by atoms with Crippen molar-refractivity contribution in [3.05, 3.63) is 77.6 Å². The fraction of sp³-hybridized carbons (Fsp3) is 0.211. The minimum Gasteiger partial charge on any atom is -0.280 e. The zero-order valence-corrected chi connectivity index (χ0v) is 14.5. The fourth-order valence-corrected chi connectivity index (χ4v) is 4.34. The molecule has 128 valence electrons. The molecule has 1 N–H and O–H groups in total. The Morgan fingerprint density at radius 2 is 1.92 bits per heavy atom. The van der Waals surface area contributed by atoms with E-state index in [2.05, 4.69) is 9.82 Å². The molecule has 1 heterocycles. The van der Waals surface area contributed by atoms with Crippen molar-refractivity contribution < 1.29 is 8.42 Å². The van der Waals surface area contributed by atoms with E-state index in [0.29, 0.717) is 17.1 Å². The number of hydrogen-bond donors (Lipinski definition) is 1. The zero-order chi connectivity index (χ0) is 17.3. The Balaban J connectivity index is 1.56. The summed E-state index contributed by atoms with van der Waals surface area (Å²) in [7, 11) is -3.59. The molecule has 0 saturated carbocycles. The molecule has 2 aromatic carbocycles. The van der Waals surface area contributed by atoms with Crippen molar-refractivity contribution >= 4 is 15.7 Å². The van der Waals surface area contributed by atoms with Gasteiger partial charge in [0.1, 0.15) is 0 Å². The minimum atomic E-state index is -3.59. The third kappa shape index (κ3) is 3.44. The molecule has 0 radical (unpaired) electrons. The summed E-state index contributed by atoms with van der Waals surface area (Å²) in [6.45, 7) is 0.599. The first-order valence-corrected chi connectivity index (χ1v) is 9.79. The van der Waals surface area contributed by atoms with Crippen molar-refractivity contribution in [2.75, 3.05) is 4.72 Å². The molecule has 1 aliphatic carbocycles. The van der Waals surface area contributed by atoms with Crippen LogP contribution in [-0.4, -0.2) is 18.2 Å². The molecule has 0 fully saturated rings. The summed E-state index contributed by atoms with van der Waals surface area (Å²) in [6.07, 6.45) is 6.69. The SMILES string of the molecule is O=S(=O)(Nc1cccc(Cn2cccn2)c1)c1ccc2c(c1)CCC2. The average Bonchev–Trinajstić information content (AvgIpc) is 3.25. The summed E-state index contributed by atoms with van der Waals surface area (Å²) in [5.74, 6) is 0. The van der Waals surface area contributed by atoms with Crippen molar-refractivity contribution in [3.8, 4) is 0 Å². The van der Waals surface area contributed by atoms with E-state index in [9.17, 15) is 8.42 Å². The second kappa shape index (κ2) is 6.37. The van der Waals surface area contributed by atoms with Crippen LogP contribution in [0.2, 0.25) is 0 Å². The molecule has 0 atom stereocenters. The number of sulfonamides is 1. The standard InChI is InChI=1S/C19H19N3O2S/c23-25(24,19-9-8-16-5-2-6-17(16)13-19)21-18-7-1-4-15(12-18)14-22-11-3-10-20-22/h1,3-4,7-13,21H,2,5-6,14H2. The van der Waals surface area contributed by atoms with Gasteiger partial charge in [0.15, 0.2) is 0 Å². The lowest BCUT2D eigenvalue weighted by atomic mass is 10.1. The van der Waals surface area contributed by atoms with Crippen molar-refractivity contribution in [2.24, 2.45) is 0 Å². The van der Waals surface area contributed by atoms with Crippen LogP contribution in [0.1, 0.15) is 23.1 Å². The summed E-state index contributed by atoms with van der Waals surface area (Å²) >= 11 is 0. The van der Waals surface area contributed by atoms with Crippen LogP contribution in [0, 0.1) is 0 Å². The van der Waals surface area contributed by atoms with Gasteiger partial charge < -0.3 is 0 Å². The van der Waals surface area contributed by atoms with Gasteiger partial charge in [-0.1, -0.05) is 18.2 Å². The van der Waals surface area contributed by atoms with Gasteiger partial charge in [-0.25, -0.2) is 8.42 Å². The Kier molecular flexibility index (Phi) is 4.05. The number of benzene rings is 2.